The quantitative estimate of drug-likeness (QED) is 0.668. The first-order chi connectivity index (χ1) is 17.2. The molecule has 2 amide bonds. The number of hydrogen-bond donors (Lipinski definition) is 2. The average Bonchev–Trinajstić information content (AvgIpc) is 3.49. The van der Waals surface area contributed by atoms with Crippen LogP contribution in [0, 0.1) is 5.92 Å². The lowest BCUT2D eigenvalue weighted by Crippen LogP contribution is -2.53. The first-order valence-corrected chi connectivity index (χ1v) is 13.2. The molecule has 36 heavy (non-hydrogen) atoms. The number of carbonyl (C=O) groups is 1. The lowest BCUT2D eigenvalue weighted by atomic mass is 9.84. The maximum absolute atomic E-state index is 12.4. The third-order valence-corrected chi connectivity index (χ3v) is 7.78. The zero-order valence-electron chi connectivity index (χ0n) is 21.9. The third kappa shape index (κ3) is 4.86. The van der Waals surface area contributed by atoms with Crippen LogP contribution in [0.1, 0.15) is 39.7 Å². The van der Waals surface area contributed by atoms with E-state index < -0.39 is 5.60 Å². The molecule has 1 unspecified atom stereocenters. The number of fused-ring (bicyclic) bond motifs is 1. The molecule has 3 aliphatic heterocycles. The summed E-state index contributed by atoms with van der Waals surface area (Å²) in [6.07, 6.45) is 8.85. The maximum atomic E-state index is 12.4. The number of nitrogens with zero attached hydrogens (tertiary/aromatic N) is 6. The number of aliphatic imine (C=N–C) groups is 1. The van der Waals surface area contributed by atoms with Gasteiger partial charge in [-0.2, -0.15) is 5.10 Å². The predicted octanol–water partition coefficient (Wildman–Crippen LogP) is 2.39. The zero-order valence-corrected chi connectivity index (χ0v) is 21.9. The van der Waals surface area contributed by atoms with Crippen LogP contribution in [0.5, 0.6) is 0 Å². The molecule has 0 saturated carbocycles. The Bertz CT molecular complexity index is 1160. The number of urea groups is 1. The van der Waals surface area contributed by atoms with Crippen LogP contribution in [0.15, 0.2) is 41.7 Å². The molecule has 0 radical (unpaired) electrons. The summed E-state index contributed by atoms with van der Waals surface area (Å²) in [7, 11) is 0. The van der Waals surface area contributed by atoms with E-state index in [2.05, 4.69) is 52.3 Å². The molecule has 9 heteroatoms. The number of allylic oxidation sites excluding steroid dienone is 1. The Kier molecular flexibility index (Phi) is 6.78. The summed E-state index contributed by atoms with van der Waals surface area (Å²) in [6.45, 7) is 13.5. The number of piperazine rings is 1. The summed E-state index contributed by atoms with van der Waals surface area (Å²) in [4.78, 5) is 23.8. The normalized spacial score (nSPS) is 25.3. The van der Waals surface area contributed by atoms with Crippen molar-refractivity contribution in [3.8, 4) is 0 Å². The molecule has 2 aromatic rings. The van der Waals surface area contributed by atoms with Crippen molar-refractivity contribution in [2.24, 2.45) is 10.9 Å². The molecule has 5 heterocycles. The highest BCUT2D eigenvalue weighted by molar-refractivity contribution is 6.10. The molecule has 5 rings (SSSR count). The van der Waals surface area contributed by atoms with Crippen molar-refractivity contribution >= 4 is 22.9 Å². The number of rotatable bonds is 5. The number of aromatic nitrogens is 2. The van der Waals surface area contributed by atoms with Gasteiger partial charge in [-0.15, -0.1) is 0 Å². The summed E-state index contributed by atoms with van der Waals surface area (Å²) < 4.78 is 1.91. The van der Waals surface area contributed by atoms with E-state index in [1.54, 1.807) is 0 Å². The highest BCUT2D eigenvalue weighted by Crippen LogP contribution is 2.33. The molecule has 0 spiro atoms. The average molecular weight is 494 g/mol. The zero-order chi connectivity index (χ0) is 25.4. The molecule has 3 aliphatic rings. The second-order valence-electron chi connectivity index (χ2n) is 11.0. The van der Waals surface area contributed by atoms with Gasteiger partial charge in [0.25, 0.3) is 0 Å². The summed E-state index contributed by atoms with van der Waals surface area (Å²) in [5, 5.41) is 18.8. The van der Waals surface area contributed by atoms with Gasteiger partial charge < -0.3 is 20.2 Å². The molecule has 2 fully saturated rings. The highest BCUT2D eigenvalue weighted by atomic mass is 16.3. The second kappa shape index (κ2) is 9.86. The predicted molar refractivity (Wildman–Crippen MR) is 143 cm³/mol. The number of dihydropyridines is 1. The molecule has 2 atom stereocenters. The molecule has 0 aromatic carbocycles. The second-order valence-corrected chi connectivity index (χ2v) is 11.0. The van der Waals surface area contributed by atoms with Crippen LogP contribution in [0.4, 0.5) is 10.5 Å². The summed E-state index contributed by atoms with van der Waals surface area (Å²) in [6, 6.07) is 4.79. The van der Waals surface area contributed by atoms with E-state index in [0.29, 0.717) is 32.2 Å². The number of amides is 2. The molecule has 194 valence electrons. The van der Waals surface area contributed by atoms with E-state index in [9.17, 15) is 9.90 Å². The van der Waals surface area contributed by atoms with Crippen LogP contribution >= 0.6 is 0 Å². The summed E-state index contributed by atoms with van der Waals surface area (Å²) in [5.41, 5.74) is 3.41. The van der Waals surface area contributed by atoms with Crippen LogP contribution in [-0.2, 0) is 0 Å². The van der Waals surface area contributed by atoms with E-state index in [4.69, 9.17) is 4.99 Å². The minimum absolute atomic E-state index is 0.00840. The number of anilines is 1. The van der Waals surface area contributed by atoms with Gasteiger partial charge in [0.15, 0.2) is 0 Å². The van der Waals surface area contributed by atoms with Gasteiger partial charge >= 0.3 is 6.03 Å². The molecule has 2 saturated heterocycles. The minimum Gasteiger partial charge on any atom is -0.388 e. The Labute approximate surface area is 213 Å². The van der Waals surface area contributed by atoms with Crippen molar-refractivity contribution in [1.29, 1.82) is 0 Å². The Morgan fingerprint density at radius 1 is 1.17 bits per heavy atom. The van der Waals surface area contributed by atoms with Crippen LogP contribution in [0.25, 0.3) is 5.52 Å². The number of likely N-dealkylation sites (tertiary alicyclic amines) is 1. The van der Waals surface area contributed by atoms with Crippen molar-refractivity contribution in [3.63, 3.8) is 0 Å². The van der Waals surface area contributed by atoms with Crippen molar-refractivity contribution < 1.29 is 9.90 Å². The monoisotopic (exact) mass is 493 g/mol. The van der Waals surface area contributed by atoms with Crippen molar-refractivity contribution in [2.75, 3.05) is 50.7 Å². The molecule has 0 bridgehead atoms. The SMILES string of the molecule is CC(C)NC(=O)N1CCN(c2ccnn3cc(C4=NCC([C@@]5(O)CCN(C(C)C)C5)C=C4)cc23)CC1. The standard InChI is InChI=1S/C27H39N7O2/c1-19(2)30-26(35)32-13-11-31(12-14-32)24-7-9-29-34-17-21(15-25(24)34)23-6-5-22(16-28-23)27(36)8-10-33(18-27)20(3)4/h5-7,9,15,17,19-20,22,36H,8,10-14,16,18H2,1-4H3,(H,30,35)/t22?,27-/m1/s1. The van der Waals surface area contributed by atoms with Gasteiger partial charge in [0.2, 0.25) is 0 Å². The molecule has 2 aromatic heterocycles. The molecular formula is C27H39N7O2. The first kappa shape index (κ1) is 24.8. The van der Waals surface area contributed by atoms with E-state index >= 15 is 0 Å². The topological polar surface area (TPSA) is 88.7 Å². The van der Waals surface area contributed by atoms with Gasteiger partial charge in [-0.25, -0.2) is 9.31 Å². The smallest absolute Gasteiger partial charge is 0.317 e. The molecular weight excluding hydrogens is 454 g/mol. The van der Waals surface area contributed by atoms with Crippen molar-refractivity contribution in [2.45, 2.75) is 51.8 Å². The fourth-order valence-corrected chi connectivity index (χ4v) is 5.54. The van der Waals surface area contributed by atoms with Crippen LogP contribution < -0.4 is 10.2 Å². The first-order valence-electron chi connectivity index (χ1n) is 13.2. The molecule has 9 nitrogen and oxygen atoms in total. The Morgan fingerprint density at radius 2 is 1.94 bits per heavy atom. The van der Waals surface area contributed by atoms with Gasteiger partial charge in [-0.05, 0) is 52.3 Å². The van der Waals surface area contributed by atoms with Gasteiger partial charge in [0, 0.05) is 81.8 Å². The highest BCUT2D eigenvalue weighted by Gasteiger charge is 2.42. The Balaban J connectivity index is 1.28. The summed E-state index contributed by atoms with van der Waals surface area (Å²) >= 11 is 0. The maximum Gasteiger partial charge on any atom is 0.317 e. The van der Waals surface area contributed by atoms with E-state index in [0.717, 1.165) is 48.5 Å². The van der Waals surface area contributed by atoms with E-state index in [1.165, 1.54) is 0 Å². The molecule has 2 N–H and O–H groups in total. The number of hydrogen-bond acceptors (Lipinski definition) is 6. The lowest BCUT2D eigenvalue weighted by Gasteiger charge is -2.36. The Hall–Kier alpha value is -2.91. The van der Waals surface area contributed by atoms with Crippen LogP contribution in [0.2, 0.25) is 0 Å². The number of aliphatic hydroxyl groups is 1. The van der Waals surface area contributed by atoms with Crippen molar-refractivity contribution in [3.05, 3.63) is 42.2 Å². The lowest BCUT2D eigenvalue weighted by molar-refractivity contribution is 0.00920. The van der Waals surface area contributed by atoms with Gasteiger partial charge in [0.1, 0.15) is 0 Å². The van der Waals surface area contributed by atoms with E-state index in [1.807, 2.05) is 41.7 Å². The van der Waals surface area contributed by atoms with Gasteiger partial charge in [0.05, 0.1) is 22.5 Å². The van der Waals surface area contributed by atoms with Crippen molar-refractivity contribution in [1.82, 2.24) is 24.7 Å². The largest absolute Gasteiger partial charge is 0.388 e. The fraction of sp³-hybridized carbons (Fsp3) is 0.593. The molecule has 0 aliphatic carbocycles. The number of nitrogens with one attached hydrogen (secondary N) is 1. The van der Waals surface area contributed by atoms with Gasteiger partial charge in [-0.1, -0.05) is 6.08 Å². The third-order valence-electron chi connectivity index (χ3n) is 7.78. The van der Waals surface area contributed by atoms with Crippen LogP contribution in [-0.4, -0.2) is 99.8 Å². The number of β-amino-alcohol motifs (C(OH)–C–C–N with tert-alkyl or cyclic N) is 1. The minimum atomic E-state index is -0.704. The van der Waals surface area contributed by atoms with E-state index in [-0.39, 0.29) is 18.0 Å². The Morgan fingerprint density at radius 3 is 2.58 bits per heavy atom. The van der Waals surface area contributed by atoms with Gasteiger partial charge in [-0.3, -0.25) is 9.89 Å². The fourth-order valence-electron chi connectivity index (χ4n) is 5.54. The summed E-state index contributed by atoms with van der Waals surface area (Å²) in [5.74, 6) is 0.0416. The number of carbonyl (C=O) groups excluding carboxylic acids is 1. The van der Waals surface area contributed by atoms with Crippen LogP contribution in [0.3, 0.4) is 0 Å².